The van der Waals surface area contributed by atoms with E-state index in [9.17, 15) is 4.79 Å². The molecule has 0 saturated heterocycles. The van der Waals surface area contributed by atoms with Crippen LogP contribution in [0.25, 0.3) is 0 Å². The van der Waals surface area contributed by atoms with Crippen LogP contribution in [0.5, 0.6) is 5.75 Å². The number of rotatable bonds is 7. The van der Waals surface area contributed by atoms with Crippen LogP contribution in [0.2, 0.25) is 0 Å². The summed E-state index contributed by atoms with van der Waals surface area (Å²) in [6.45, 7) is 3.48. The van der Waals surface area contributed by atoms with E-state index in [1.54, 1.807) is 14.0 Å². The maximum Gasteiger partial charge on any atom is 0.307 e. The number of carbonyl (C=O) groups excluding carboxylic acids is 1. The van der Waals surface area contributed by atoms with Gasteiger partial charge in [0, 0.05) is 23.1 Å². The minimum Gasteiger partial charge on any atom is -0.496 e. The molecule has 0 unspecified atom stereocenters. The monoisotopic (exact) mass is 315 g/mol. The summed E-state index contributed by atoms with van der Waals surface area (Å²) in [5.74, 6) is 0.660. The smallest absolute Gasteiger partial charge is 0.307 e. The van der Waals surface area contributed by atoms with Gasteiger partial charge in [0.1, 0.15) is 5.75 Å². The van der Waals surface area contributed by atoms with E-state index in [1.165, 1.54) is 0 Å². The van der Waals surface area contributed by atoms with E-state index in [-0.39, 0.29) is 5.97 Å². The Morgan fingerprint density at radius 3 is 2.89 bits per heavy atom. The summed E-state index contributed by atoms with van der Waals surface area (Å²) >= 11 is 3.42. The Labute approximate surface area is 116 Å². The number of ether oxygens (including phenoxy) is 2. The first-order chi connectivity index (χ1) is 8.67. The van der Waals surface area contributed by atoms with E-state index in [2.05, 4.69) is 21.2 Å². The Kier molecular flexibility index (Phi) is 6.75. The van der Waals surface area contributed by atoms with E-state index in [0.717, 1.165) is 15.8 Å². The third-order valence-corrected chi connectivity index (χ3v) is 2.86. The Bertz CT molecular complexity index is 396. The zero-order chi connectivity index (χ0) is 13.4. The van der Waals surface area contributed by atoms with Crippen LogP contribution in [0.15, 0.2) is 22.7 Å². The lowest BCUT2D eigenvalue weighted by molar-refractivity contribution is -0.142. The van der Waals surface area contributed by atoms with Crippen LogP contribution in [0.3, 0.4) is 0 Å². The van der Waals surface area contributed by atoms with Gasteiger partial charge in [-0.15, -0.1) is 0 Å². The average Bonchev–Trinajstić information content (AvgIpc) is 2.35. The summed E-state index contributed by atoms with van der Waals surface area (Å²) in [5, 5.41) is 3.19. The molecule has 0 amide bonds. The number of halogens is 1. The molecule has 0 heterocycles. The molecule has 1 N–H and O–H groups in total. The lowest BCUT2D eigenvalue weighted by Gasteiger charge is -2.10. The number of benzene rings is 1. The highest BCUT2D eigenvalue weighted by Gasteiger charge is 2.04. The van der Waals surface area contributed by atoms with Gasteiger partial charge in [-0.3, -0.25) is 4.79 Å². The highest BCUT2D eigenvalue weighted by atomic mass is 79.9. The third-order valence-electron chi connectivity index (χ3n) is 2.37. The number of esters is 1. The molecule has 0 aliphatic carbocycles. The molecule has 1 aromatic rings. The molecule has 18 heavy (non-hydrogen) atoms. The molecule has 0 radical (unpaired) electrons. The van der Waals surface area contributed by atoms with Crippen LogP contribution in [-0.2, 0) is 16.1 Å². The summed E-state index contributed by atoms with van der Waals surface area (Å²) in [6, 6.07) is 5.84. The van der Waals surface area contributed by atoms with Crippen molar-refractivity contribution in [1.29, 1.82) is 0 Å². The van der Waals surface area contributed by atoms with Gasteiger partial charge >= 0.3 is 5.97 Å². The Morgan fingerprint density at radius 2 is 2.22 bits per heavy atom. The average molecular weight is 316 g/mol. The normalized spacial score (nSPS) is 10.2. The molecule has 0 saturated carbocycles. The summed E-state index contributed by atoms with van der Waals surface area (Å²) in [6.07, 6.45) is 0.379. The molecule has 0 aliphatic heterocycles. The van der Waals surface area contributed by atoms with Crippen LogP contribution in [-0.4, -0.2) is 26.2 Å². The summed E-state index contributed by atoms with van der Waals surface area (Å²) in [4.78, 5) is 11.1. The summed E-state index contributed by atoms with van der Waals surface area (Å²) < 4.78 is 11.1. The molecule has 100 valence electrons. The van der Waals surface area contributed by atoms with Gasteiger partial charge in [-0.25, -0.2) is 0 Å². The van der Waals surface area contributed by atoms with Gasteiger partial charge in [-0.05, 0) is 25.1 Å². The Balaban J connectivity index is 2.39. The van der Waals surface area contributed by atoms with Gasteiger partial charge in [0.2, 0.25) is 0 Å². The van der Waals surface area contributed by atoms with Crippen LogP contribution < -0.4 is 10.1 Å². The number of methoxy groups -OCH3 is 1. The fraction of sp³-hybridized carbons (Fsp3) is 0.462. The Hall–Kier alpha value is -1.07. The lowest BCUT2D eigenvalue weighted by Crippen LogP contribution is -2.19. The van der Waals surface area contributed by atoms with Gasteiger partial charge in [0.25, 0.3) is 0 Å². The first-order valence-electron chi connectivity index (χ1n) is 5.86. The highest BCUT2D eigenvalue weighted by Crippen LogP contribution is 2.22. The van der Waals surface area contributed by atoms with Crippen molar-refractivity contribution in [2.75, 3.05) is 20.3 Å². The zero-order valence-electron chi connectivity index (χ0n) is 10.7. The SMILES string of the molecule is CCOC(=O)CCNCc1cc(Br)ccc1OC. The molecule has 4 nitrogen and oxygen atoms in total. The standard InChI is InChI=1S/C13H18BrNO3/c1-3-18-13(16)6-7-15-9-10-8-11(14)4-5-12(10)17-2/h4-5,8,15H,3,6-7,9H2,1-2H3. The fourth-order valence-electron chi connectivity index (χ4n) is 1.53. The van der Waals surface area contributed by atoms with E-state index in [4.69, 9.17) is 9.47 Å². The van der Waals surface area contributed by atoms with Crippen molar-refractivity contribution < 1.29 is 14.3 Å². The molecule has 1 aromatic carbocycles. The van der Waals surface area contributed by atoms with E-state index in [0.29, 0.717) is 26.1 Å². The second kappa shape index (κ2) is 8.11. The quantitative estimate of drug-likeness (QED) is 0.620. The van der Waals surface area contributed by atoms with Crippen molar-refractivity contribution in [2.24, 2.45) is 0 Å². The Morgan fingerprint density at radius 1 is 1.44 bits per heavy atom. The molecule has 5 heteroatoms. The molecule has 0 atom stereocenters. The van der Waals surface area contributed by atoms with Crippen LogP contribution in [0, 0.1) is 0 Å². The van der Waals surface area contributed by atoms with Crippen molar-refractivity contribution in [3.05, 3.63) is 28.2 Å². The van der Waals surface area contributed by atoms with E-state index in [1.807, 2.05) is 18.2 Å². The molecule has 0 bridgehead atoms. The molecular formula is C13H18BrNO3. The first kappa shape index (κ1) is 15.0. The summed E-state index contributed by atoms with van der Waals surface area (Å²) in [5.41, 5.74) is 1.05. The molecule has 1 rings (SSSR count). The summed E-state index contributed by atoms with van der Waals surface area (Å²) in [7, 11) is 1.64. The van der Waals surface area contributed by atoms with Crippen molar-refractivity contribution in [3.8, 4) is 5.75 Å². The highest BCUT2D eigenvalue weighted by molar-refractivity contribution is 9.10. The molecule has 0 spiro atoms. The van der Waals surface area contributed by atoms with Crippen LogP contribution in [0.1, 0.15) is 18.9 Å². The van der Waals surface area contributed by atoms with E-state index >= 15 is 0 Å². The second-order valence-corrected chi connectivity index (χ2v) is 4.60. The number of nitrogens with one attached hydrogen (secondary N) is 1. The zero-order valence-corrected chi connectivity index (χ0v) is 12.2. The van der Waals surface area contributed by atoms with Crippen molar-refractivity contribution in [1.82, 2.24) is 5.32 Å². The molecule has 0 fully saturated rings. The minimum absolute atomic E-state index is 0.175. The van der Waals surface area contributed by atoms with E-state index < -0.39 is 0 Å². The molecule has 0 aliphatic rings. The predicted octanol–water partition coefficient (Wildman–Crippen LogP) is 2.50. The van der Waals surface area contributed by atoms with Gasteiger partial charge in [-0.1, -0.05) is 15.9 Å². The van der Waals surface area contributed by atoms with Gasteiger partial charge in [-0.2, -0.15) is 0 Å². The van der Waals surface area contributed by atoms with Gasteiger partial charge in [0.15, 0.2) is 0 Å². The second-order valence-electron chi connectivity index (χ2n) is 3.69. The largest absolute Gasteiger partial charge is 0.496 e. The predicted molar refractivity (Wildman–Crippen MR) is 73.7 cm³/mol. The van der Waals surface area contributed by atoms with Crippen LogP contribution >= 0.6 is 15.9 Å². The van der Waals surface area contributed by atoms with Crippen LogP contribution in [0.4, 0.5) is 0 Å². The van der Waals surface area contributed by atoms with Crippen molar-refractivity contribution in [3.63, 3.8) is 0 Å². The number of hydrogen-bond acceptors (Lipinski definition) is 4. The topological polar surface area (TPSA) is 47.6 Å². The van der Waals surface area contributed by atoms with Crippen molar-refractivity contribution >= 4 is 21.9 Å². The molecular weight excluding hydrogens is 298 g/mol. The van der Waals surface area contributed by atoms with Crippen molar-refractivity contribution in [2.45, 2.75) is 19.9 Å². The maximum absolute atomic E-state index is 11.1. The number of carbonyl (C=O) groups is 1. The lowest BCUT2D eigenvalue weighted by atomic mass is 10.2. The van der Waals surface area contributed by atoms with Gasteiger partial charge < -0.3 is 14.8 Å². The fourth-order valence-corrected chi connectivity index (χ4v) is 1.94. The number of hydrogen-bond donors (Lipinski definition) is 1. The minimum atomic E-state index is -0.175. The third kappa shape index (κ3) is 5.06. The molecule has 0 aromatic heterocycles. The maximum atomic E-state index is 11.1. The first-order valence-corrected chi connectivity index (χ1v) is 6.65. The van der Waals surface area contributed by atoms with Gasteiger partial charge in [0.05, 0.1) is 20.1 Å².